The molecule has 2 aromatic heterocycles. The number of carbonyl (C=O) groups is 1. The summed E-state index contributed by atoms with van der Waals surface area (Å²) in [4.78, 5) is 26.1. The van der Waals surface area contributed by atoms with E-state index in [4.69, 9.17) is 0 Å². The molecule has 1 aliphatic heterocycles. The number of piperidine rings is 1. The molecular formula is C20H23N7O. The van der Waals surface area contributed by atoms with E-state index >= 15 is 0 Å². The molecule has 1 aliphatic rings. The fraction of sp³-hybridized carbons (Fsp3) is 0.350. The average molecular weight is 377 g/mol. The number of hydrogen-bond acceptors (Lipinski definition) is 6. The number of aromatic nitrogens is 5. The minimum absolute atomic E-state index is 0.288. The molecule has 0 radical (unpaired) electrons. The fourth-order valence-corrected chi connectivity index (χ4v) is 3.35. The van der Waals surface area contributed by atoms with E-state index in [1.54, 1.807) is 24.9 Å². The number of carbonyl (C=O) groups excluding carboxylic acids is 1. The Hall–Kier alpha value is -3.13. The van der Waals surface area contributed by atoms with Gasteiger partial charge in [-0.05, 0) is 32.9 Å². The molecule has 0 aliphatic carbocycles. The van der Waals surface area contributed by atoms with Gasteiger partial charge in [-0.25, -0.2) is 14.6 Å². The van der Waals surface area contributed by atoms with Crippen molar-refractivity contribution in [2.75, 3.05) is 18.4 Å². The SMILES string of the molecule is Cc1nc(-c2ccccc2)ncc1C(=O)Nc1nc(C2CCNCC2)nn1C. The summed E-state index contributed by atoms with van der Waals surface area (Å²) in [6.45, 7) is 3.74. The second-order valence-corrected chi connectivity index (χ2v) is 6.95. The van der Waals surface area contributed by atoms with Crippen LogP contribution in [0.25, 0.3) is 11.4 Å². The maximum atomic E-state index is 12.7. The molecule has 144 valence electrons. The Bertz CT molecular complexity index is 977. The summed E-state index contributed by atoms with van der Waals surface area (Å²) in [5, 5.41) is 10.7. The highest BCUT2D eigenvalue weighted by molar-refractivity contribution is 6.04. The predicted octanol–water partition coefficient (Wildman–Crippen LogP) is 2.30. The normalized spacial score (nSPS) is 14.8. The van der Waals surface area contributed by atoms with Crippen LogP contribution in [0.2, 0.25) is 0 Å². The molecule has 28 heavy (non-hydrogen) atoms. The van der Waals surface area contributed by atoms with Crippen molar-refractivity contribution in [3.63, 3.8) is 0 Å². The monoisotopic (exact) mass is 377 g/mol. The van der Waals surface area contributed by atoms with Gasteiger partial charge in [-0.2, -0.15) is 10.1 Å². The van der Waals surface area contributed by atoms with E-state index in [0.717, 1.165) is 37.3 Å². The second kappa shape index (κ2) is 7.85. The van der Waals surface area contributed by atoms with Crippen molar-refractivity contribution >= 4 is 11.9 Å². The summed E-state index contributed by atoms with van der Waals surface area (Å²) < 4.78 is 1.61. The lowest BCUT2D eigenvalue weighted by Crippen LogP contribution is -2.27. The van der Waals surface area contributed by atoms with Crippen LogP contribution in [0.15, 0.2) is 36.5 Å². The number of anilines is 1. The van der Waals surface area contributed by atoms with Crippen molar-refractivity contribution in [2.45, 2.75) is 25.7 Å². The van der Waals surface area contributed by atoms with Gasteiger partial charge in [0, 0.05) is 24.7 Å². The average Bonchev–Trinajstić information content (AvgIpc) is 3.09. The molecule has 8 heteroatoms. The molecule has 0 spiro atoms. The molecule has 4 rings (SSSR count). The van der Waals surface area contributed by atoms with Crippen molar-refractivity contribution < 1.29 is 4.79 Å². The highest BCUT2D eigenvalue weighted by Gasteiger charge is 2.22. The van der Waals surface area contributed by atoms with Gasteiger partial charge in [-0.15, -0.1) is 0 Å². The van der Waals surface area contributed by atoms with Gasteiger partial charge in [0.2, 0.25) is 5.95 Å². The van der Waals surface area contributed by atoms with E-state index in [1.165, 1.54) is 0 Å². The molecule has 1 aromatic carbocycles. The van der Waals surface area contributed by atoms with Crippen LogP contribution in [0.3, 0.4) is 0 Å². The molecule has 8 nitrogen and oxygen atoms in total. The molecule has 0 saturated carbocycles. The Morgan fingerprint density at radius 1 is 1.18 bits per heavy atom. The summed E-state index contributed by atoms with van der Waals surface area (Å²) >= 11 is 0. The van der Waals surface area contributed by atoms with Crippen LogP contribution in [-0.4, -0.2) is 43.7 Å². The molecular weight excluding hydrogens is 354 g/mol. The zero-order chi connectivity index (χ0) is 19.5. The third kappa shape index (κ3) is 3.77. The minimum atomic E-state index is -0.288. The molecule has 3 aromatic rings. The van der Waals surface area contributed by atoms with Gasteiger partial charge in [0.05, 0.1) is 11.3 Å². The lowest BCUT2D eigenvalue weighted by molar-refractivity contribution is 0.102. The lowest BCUT2D eigenvalue weighted by atomic mass is 9.98. The third-order valence-corrected chi connectivity index (χ3v) is 4.97. The molecule has 3 heterocycles. The smallest absolute Gasteiger partial charge is 0.261 e. The lowest BCUT2D eigenvalue weighted by Gasteiger charge is -2.19. The predicted molar refractivity (Wildman–Crippen MR) is 106 cm³/mol. The van der Waals surface area contributed by atoms with Gasteiger partial charge in [0.15, 0.2) is 11.6 Å². The van der Waals surface area contributed by atoms with Crippen LogP contribution in [0.1, 0.15) is 40.6 Å². The van der Waals surface area contributed by atoms with Crippen LogP contribution in [-0.2, 0) is 7.05 Å². The molecule has 2 N–H and O–H groups in total. The van der Waals surface area contributed by atoms with Gasteiger partial charge in [-0.1, -0.05) is 30.3 Å². The van der Waals surface area contributed by atoms with E-state index in [-0.39, 0.29) is 5.91 Å². The number of rotatable bonds is 4. The number of hydrogen-bond donors (Lipinski definition) is 2. The Morgan fingerprint density at radius 2 is 1.93 bits per heavy atom. The minimum Gasteiger partial charge on any atom is -0.317 e. The van der Waals surface area contributed by atoms with Crippen LogP contribution < -0.4 is 10.6 Å². The zero-order valence-corrected chi connectivity index (χ0v) is 16.0. The van der Waals surface area contributed by atoms with Gasteiger partial charge < -0.3 is 5.32 Å². The number of nitrogens with one attached hydrogen (secondary N) is 2. The Balaban J connectivity index is 1.51. The van der Waals surface area contributed by atoms with Gasteiger partial charge in [0.1, 0.15) is 0 Å². The van der Waals surface area contributed by atoms with E-state index in [9.17, 15) is 4.79 Å². The highest BCUT2D eigenvalue weighted by atomic mass is 16.1. The van der Waals surface area contributed by atoms with Crippen LogP contribution in [0, 0.1) is 6.92 Å². The van der Waals surface area contributed by atoms with E-state index in [1.807, 2.05) is 30.3 Å². The molecule has 1 saturated heterocycles. The first-order valence-corrected chi connectivity index (χ1v) is 9.44. The van der Waals surface area contributed by atoms with E-state index < -0.39 is 0 Å². The van der Waals surface area contributed by atoms with Crippen LogP contribution in [0.4, 0.5) is 5.95 Å². The first-order valence-electron chi connectivity index (χ1n) is 9.44. The fourth-order valence-electron chi connectivity index (χ4n) is 3.35. The molecule has 0 bridgehead atoms. The topological polar surface area (TPSA) is 97.6 Å². The summed E-state index contributed by atoms with van der Waals surface area (Å²) in [6, 6.07) is 9.69. The molecule has 0 unspecified atom stereocenters. The third-order valence-electron chi connectivity index (χ3n) is 4.97. The van der Waals surface area contributed by atoms with Crippen LogP contribution in [0.5, 0.6) is 0 Å². The van der Waals surface area contributed by atoms with Crippen LogP contribution >= 0.6 is 0 Å². The number of nitrogens with zero attached hydrogens (tertiary/aromatic N) is 5. The molecule has 1 amide bonds. The van der Waals surface area contributed by atoms with Crippen molar-refractivity contribution in [1.29, 1.82) is 0 Å². The zero-order valence-electron chi connectivity index (χ0n) is 16.0. The van der Waals surface area contributed by atoms with Crippen molar-refractivity contribution in [3.8, 4) is 11.4 Å². The van der Waals surface area contributed by atoms with E-state index in [2.05, 4.69) is 30.7 Å². The van der Waals surface area contributed by atoms with Crippen molar-refractivity contribution in [3.05, 3.63) is 53.6 Å². The number of benzene rings is 1. The standard InChI is InChI=1S/C20H23N7O/c1-13-16(12-22-17(23-13)14-6-4-3-5-7-14)19(28)25-20-24-18(26-27(20)2)15-8-10-21-11-9-15/h3-7,12,15,21H,8-11H2,1-2H3,(H,24,25,26,28). The summed E-state index contributed by atoms with van der Waals surface area (Å²) in [5.74, 6) is 1.86. The van der Waals surface area contributed by atoms with Crippen molar-refractivity contribution in [2.24, 2.45) is 7.05 Å². The Labute approximate surface area is 163 Å². The van der Waals surface area contributed by atoms with Gasteiger partial charge in [-0.3, -0.25) is 10.1 Å². The van der Waals surface area contributed by atoms with Gasteiger partial charge in [0.25, 0.3) is 5.91 Å². The summed E-state index contributed by atoms with van der Waals surface area (Å²) in [7, 11) is 1.79. The second-order valence-electron chi connectivity index (χ2n) is 6.95. The molecule has 0 atom stereocenters. The molecule has 1 fully saturated rings. The highest BCUT2D eigenvalue weighted by Crippen LogP contribution is 2.23. The first kappa shape index (κ1) is 18.2. The van der Waals surface area contributed by atoms with Gasteiger partial charge >= 0.3 is 0 Å². The maximum absolute atomic E-state index is 12.7. The number of amides is 1. The summed E-state index contributed by atoms with van der Waals surface area (Å²) in [5.41, 5.74) is 1.95. The first-order chi connectivity index (χ1) is 13.6. The van der Waals surface area contributed by atoms with Crippen molar-refractivity contribution in [1.82, 2.24) is 30.0 Å². The van der Waals surface area contributed by atoms with E-state index in [0.29, 0.717) is 28.9 Å². The summed E-state index contributed by atoms with van der Waals surface area (Å²) in [6.07, 6.45) is 3.57. The number of aryl methyl sites for hydroxylation is 2. The largest absolute Gasteiger partial charge is 0.317 e. The Kier molecular flexibility index (Phi) is 5.12. The quantitative estimate of drug-likeness (QED) is 0.724. The Morgan fingerprint density at radius 3 is 2.64 bits per heavy atom. The maximum Gasteiger partial charge on any atom is 0.261 e.